The van der Waals surface area contributed by atoms with Crippen molar-refractivity contribution < 1.29 is 48.7 Å². The van der Waals surface area contributed by atoms with Gasteiger partial charge in [0.2, 0.25) is 10.0 Å². The molecular formula is C14H14F7NO4S. The number of halogens is 7. The van der Waals surface area contributed by atoms with Crippen LogP contribution in [-0.4, -0.2) is 39.4 Å². The smallest absolute Gasteiger partial charge is 0.402 e. The molecule has 1 N–H and O–H groups in total. The highest BCUT2D eigenvalue weighted by molar-refractivity contribution is 7.89. The second kappa shape index (κ2) is 8.00. The van der Waals surface area contributed by atoms with Crippen molar-refractivity contribution in [1.29, 1.82) is 0 Å². The second-order valence-corrected chi connectivity index (χ2v) is 7.04. The quantitative estimate of drug-likeness (QED) is 0.562. The van der Waals surface area contributed by atoms with Gasteiger partial charge in [0, 0.05) is 0 Å². The van der Waals surface area contributed by atoms with Crippen LogP contribution in [0.15, 0.2) is 23.1 Å². The Morgan fingerprint density at radius 1 is 1.15 bits per heavy atom. The van der Waals surface area contributed by atoms with Crippen LogP contribution in [0, 0.1) is 18.7 Å². The molecule has 27 heavy (non-hydrogen) atoms. The molecule has 1 rings (SSSR count). The largest absolute Gasteiger partial charge is 0.465 e. The van der Waals surface area contributed by atoms with E-state index in [1.807, 2.05) is 0 Å². The normalized spacial score (nSPS) is 14.3. The van der Waals surface area contributed by atoms with Gasteiger partial charge in [-0.15, -0.1) is 0 Å². The van der Waals surface area contributed by atoms with Gasteiger partial charge < -0.3 is 4.74 Å². The van der Waals surface area contributed by atoms with Crippen LogP contribution in [0.3, 0.4) is 0 Å². The Kier molecular flexibility index (Phi) is 6.86. The number of hydrogen-bond donors (Lipinski definition) is 1. The zero-order valence-electron chi connectivity index (χ0n) is 13.8. The SMILES string of the molecule is CCOC(=O)C(NS(=O)(=O)c1ccc(F)c(C)c1)C(C(F)(F)F)C(F)(F)F. The molecule has 0 fully saturated rings. The van der Waals surface area contributed by atoms with Crippen LogP contribution in [0.2, 0.25) is 0 Å². The highest BCUT2D eigenvalue weighted by Crippen LogP contribution is 2.42. The molecule has 1 unspecified atom stereocenters. The standard InChI is InChI=1S/C14H14F7NO4S/c1-3-26-12(23)10(11(13(16,17)18)14(19,20)21)22-27(24,25)8-4-5-9(15)7(2)6-8/h4-6,10-11,22H,3H2,1-2H3. The minimum absolute atomic E-state index is 0.228. The molecule has 154 valence electrons. The molecule has 1 aromatic carbocycles. The number of aryl methyl sites for hydroxylation is 1. The van der Waals surface area contributed by atoms with Crippen LogP contribution >= 0.6 is 0 Å². The summed E-state index contributed by atoms with van der Waals surface area (Å²) in [5.41, 5.74) is -0.228. The average Bonchev–Trinajstić information content (AvgIpc) is 2.46. The number of carbonyl (C=O) groups excluding carboxylic acids is 1. The zero-order valence-corrected chi connectivity index (χ0v) is 14.6. The Hall–Kier alpha value is -1.89. The average molecular weight is 425 g/mol. The lowest BCUT2D eigenvalue weighted by atomic mass is 9.99. The maximum absolute atomic E-state index is 13.2. The number of rotatable bonds is 6. The van der Waals surface area contributed by atoms with E-state index in [0.29, 0.717) is 18.2 Å². The van der Waals surface area contributed by atoms with Gasteiger partial charge in [-0.05, 0) is 37.6 Å². The van der Waals surface area contributed by atoms with E-state index in [-0.39, 0.29) is 5.56 Å². The summed E-state index contributed by atoms with van der Waals surface area (Å²) in [5.74, 6) is -7.25. The van der Waals surface area contributed by atoms with E-state index in [0.717, 1.165) is 18.6 Å². The molecule has 1 atom stereocenters. The number of nitrogens with one attached hydrogen (secondary N) is 1. The molecule has 1 aromatic rings. The van der Waals surface area contributed by atoms with Gasteiger partial charge in [-0.2, -0.15) is 31.1 Å². The number of carbonyl (C=O) groups is 1. The lowest BCUT2D eigenvalue weighted by Crippen LogP contribution is -2.56. The van der Waals surface area contributed by atoms with Gasteiger partial charge in [-0.1, -0.05) is 0 Å². The van der Waals surface area contributed by atoms with Crippen molar-refractivity contribution in [3.8, 4) is 0 Å². The summed E-state index contributed by atoms with van der Waals surface area (Å²) in [6.45, 7) is 1.66. The van der Waals surface area contributed by atoms with E-state index >= 15 is 0 Å². The summed E-state index contributed by atoms with van der Waals surface area (Å²) in [5, 5.41) is 0. The number of benzene rings is 1. The van der Waals surface area contributed by atoms with Crippen LogP contribution in [0.4, 0.5) is 30.7 Å². The fraction of sp³-hybridized carbons (Fsp3) is 0.500. The number of alkyl halides is 6. The topological polar surface area (TPSA) is 72.5 Å². The first kappa shape index (κ1) is 23.1. The van der Waals surface area contributed by atoms with Crippen molar-refractivity contribution in [3.63, 3.8) is 0 Å². The van der Waals surface area contributed by atoms with E-state index in [2.05, 4.69) is 4.74 Å². The van der Waals surface area contributed by atoms with Gasteiger partial charge >= 0.3 is 18.3 Å². The van der Waals surface area contributed by atoms with Crippen LogP contribution in [0.5, 0.6) is 0 Å². The molecule has 5 nitrogen and oxygen atoms in total. The van der Waals surface area contributed by atoms with Gasteiger partial charge in [0.15, 0.2) is 5.92 Å². The maximum atomic E-state index is 13.2. The number of esters is 1. The summed E-state index contributed by atoms with van der Waals surface area (Å²) in [7, 11) is -5.05. The molecule has 0 aliphatic heterocycles. The monoisotopic (exact) mass is 425 g/mol. The minimum Gasteiger partial charge on any atom is -0.465 e. The lowest BCUT2D eigenvalue weighted by Gasteiger charge is -2.29. The molecule has 0 heterocycles. The van der Waals surface area contributed by atoms with Crippen LogP contribution in [0.25, 0.3) is 0 Å². The first-order valence-corrected chi connectivity index (χ1v) is 8.68. The Labute approximate surface area is 149 Å². The van der Waals surface area contributed by atoms with E-state index in [9.17, 15) is 43.9 Å². The fourth-order valence-electron chi connectivity index (χ4n) is 2.07. The lowest BCUT2D eigenvalue weighted by molar-refractivity contribution is -0.290. The second-order valence-electron chi connectivity index (χ2n) is 5.32. The highest BCUT2D eigenvalue weighted by Gasteiger charge is 2.63. The maximum Gasteiger partial charge on any atom is 0.402 e. The van der Waals surface area contributed by atoms with Crippen molar-refractivity contribution in [2.75, 3.05) is 6.61 Å². The van der Waals surface area contributed by atoms with Gasteiger partial charge in [0.25, 0.3) is 0 Å². The third kappa shape index (κ3) is 5.79. The molecule has 0 radical (unpaired) electrons. The van der Waals surface area contributed by atoms with Crippen molar-refractivity contribution in [1.82, 2.24) is 4.72 Å². The van der Waals surface area contributed by atoms with E-state index in [1.165, 1.54) is 0 Å². The predicted molar refractivity (Wildman–Crippen MR) is 77.5 cm³/mol. The molecule has 0 aliphatic rings. The van der Waals surface area contributed by atoms with E-state index in [1.54, 1.807) is 0 Å². The van der Waals surface area contributed by atoms with E-state index in [4.69, 9.17) is 0 Å². The summed E-state index contributed by atoms with van der Waals surface area (Å²) in [6.07, 6.45) is -12.0. The Balaban J connectivity index is 3.43. The number of ether oxygens (including phenoxy) is 1. The first-order valence-electron chi connectivity index (χ1n) is 7.19. The summed E-state index contributed by atoms with van der Waals surface area (Å²) < 4.78 is 121. The third-order valence-corrected chi connectivity index (χ3v) is 4.74. The molecule has 0 bridgehead atoms. The molecule has 0 saturated carbocycles. The van der Waals surface area contributed by atoms with Crippen LogP contribution < -0.4 is 4.72 Å². The Morgan fingerprint density at radius 3 is 2.07 bits per heavy atom. The molecule has 0 spiro atoms. The van der Waals surface area contributed by atoms with Gasteiger partial charge in [0.05, 0.1) is 11.5 Å². The number of sulfonamides is 1. The molecule has 0 amide bonds. The third-order valence-electron chi connectivity index (χ3n) is 3.30. The molecule has 0 saturated heterocycles. The van der Waals surface area contributed by atoms with Gasteiger partial charge in [0.1, 0.15) is 11.9 Å². The van der Waals surface area contributed by atoms with Crippen molar-refractivity contribution in [3.05, 3.63) is 29.6 Å². The molecule has 0 aromatic heterocycles. The highest BCUT2D eigenvalue weighted by atomic mass is 32.2. The zero-order chi connectivity index (χ0) is 21.2. The van der Waals surface area contributed by atoms with Gasteiger partial charge in [-0.25, -0.2) is 12.8 Å². The van der Waals surface area contributed by atoms with E-state index < -0.39 is 57.6 Å². The molecule has 0 aliphatic carbocycles. The molecule has 13 heteroatoms. The van der Waals surface area contributed by atoms with Crippen LogP contribution in [0.1, 0.15) is 12.5 Å². The van der Waals surface area contributed by atoms with Gasteiger partial charge in [-0.3, -0.25) is 4.79 Å². The summed E-state index contributed by atoms with van der Waals surface area (Å²) >= 11 is 0. The molecular weight excluding hydrogens is 411 g/mol. The van der Waals surface area contributed by atoms with Crippen molar-refractivity contribution >= 4 is 16.0 Å². The summed E-state index contributed by atoms with van der Waals surface area (Å²) in [6, 6.07) is -1.34. The van der Waals surface area contributed by atoms with Crippen molar-refractivity contribution in [2.24, 2.45) is 5.92 Å². The Morgan fingerprint density at radius 2 is 1.67 bits per heavy atom. The fourth-order valence-corrected chi connectivity index (χ4v) is 3.35. The first-order chi connectivity index (χ1) is 12.1. The minimum atomic E-state index is -6.00. The van der Waals surface area contributed by atoms with Crippen molar-refractivity contribution in [2.45, 2.75) is 37.1 Å². The van der Waals surface area contributed by atoms with Crippen LogP contribution in [-0.2, 0) is 19.6 Å². The Bertz CT molecular complexity index is 776. The number of hydrogen-bond acceptors (Lipinski definition) is 4. The predicted octanol–water partition coefficient (Wildman–Crippen LogP) is 3.08. The summed E-state index contributed by atoms with van der Waals surface area (Å²) in [4.78, 5) is 10.9.